The van der Waals surface area contributed by atoms with Gasteiger partial charge in [-0.25, -0.2) is 16.8 Å². The molecular weight excluding hydrogens is 1050 g/mol. The maximum Gasteiger partial charge on any atom is 0.261 e. The first-order valence-electron chi connectivity index (χ1n) is 26.6. The maximum absolute atomic E-state index is 14.8. The molecule has 17 nitrogen and oxygen atoms in total. The largest absolute Gasteiger partial charge is 0.352 e. The quantitative estimate of drug-likeness (QED) is 0.0542. The van der Waals surface area contributed by atoms with Crippen LogP contribution in [0.3, 0.4) is 0 Å². The number of aryl methyl sites for hydroxylation is 2. The van der Waals surface area contributed by atoms with Crippen molar-refractivity contribution >= 4 is 61.0 Å². The van der Waals surface area contributed by atoms with Crippen molar-refractivity contribution in [3.8, 4) is 12.1 Å². The van der Waals surface area contributed by atoms with Crippen molar-refractivity contribution in [1.82, 2.24) is 20.0 Å². The maximum atomic E-state index is 14.8. The molecule has 9 rings (SSSR count). The van der Waals surface area contributed by atoms with Gasteiger partial charge < -0.3 is 15.1 Å². The summed E-state index contributed by atoms with van der Waals surface area (Å²) in [7, 11) is -8.43. The Balaban J connectivity index is 0.840. The van der Waals surface area contributed by atoms with Gasteiger partial charge in [-0.1, -0.05) is 60.7 Å². The molecule has 0 aliphatic carbocycles. The van der Waals surface area contributed by atoms with Crippen LogP contribution in [-0.2, 0) is 20.0 Å². The molecule has 3 aliphatic heterocycles. The fourth-order valence-electron chi connectivity index (χ4n) is 10.7. The Morgan fingerprint density at radius 3 is 1.57 bits per heavy atom. The van der Waals surface area contributed by atoms with Crippen LogP contribution in [0.1, 0.15) is 146 Å². The molecule has 410 valence electrons. The van der Waals surface area contributed by atoms with E-state index in [0.29, 0.717) is 66.8 Å². The van der Waals surface area contributed by atoms with Gasteiger partial charge in [0.1, 0.15) is 5.25 Å². The van der Waals surface area contributed by atoms with Crippen LogP contribution >= 0.6 is 0 Å². The Hall–Kier alpha value is -8.65. The van der Waals surface area contributed by atoms with Gasteiger partial charge in [0.15, 0.2) is 0 Å². The molecule has 6 aromatic rings. The van der Waals surface area contributed by atoms with Gasteiger partial charge in [-0.05, 0) is 165 Å². The number of nitriles is 2. The van der Waals surface area contributed by atoms with Crippen LogP contribution in [0.5, 0.6) is 0 Å². The number of piperidine rings is 2. The van der Waals surface area contributed by atoms with Crippen molar-refractivity contribution in [3.63, 3.8) is 0 Å². The molecule has 0 spiro atoms. The lowest BCUT2D eigenvalue weighted by molar-refractivity contribution is 0.0648. The van der Waals surface area contributed by atoms with Crippen molar-refractivity contribution in [2.24, 2.45) is 0 Å². The number of fused-ring (bicyclic) bond motifs is 1. The Morgan fingerprint density at radius 1 is 0.600 bits per heavy atom. The monoisotopic (exact) mass is 1110 g/mol. The molecule has 19 heteroatoms. The van der Waals surface area contributed by atoms with E-state index in [-0.39, 0.29) is 94.5 Å². The molecule has 0 radical (unpaired) electrons. The number of anilines is 2. The molecule has 1 unspecified atom stereocenters. The summed E-state index contributed by atoms with van der Waals surface area (Å²) >= 11 is 0. The predicted molar refractivity (Wildman–Crippen MR) is 303 cm³/mol. The van der Waals surface area contributed by atoms with E-state index >= 15 is 0 Å². The van der Waals surface area contributed by atoms with E-state index in [1.54, 1.807) is 84.3 Å². The van der Waals surface area contributed by atoms with Crippen LogP contribution in [0, 0.1) is 36.5 Å². The van der Waals surface area contributed by atoms with Crippen LogP contribution < -0.4 is 14.8 Å². The van der Waals surface area contributed by atoms with Gasteiger partial charge in [0, 0.05) is 56.0 Å². The van der Waals surface area contributed by atoms with E-state index < -0.39 is 43.0 Å². The SMILES string of the molecule is Cc1ccc(C(=O)N2CCC(c3ccc(C#N)cc3)CC2)cc1NS(=O)(=O)CCCNC(=O)c1cccc(C(CCN2C(=O)c3ccccc3C2=O)S(=O)(=O)Nc2cc(C(=O)N3CCC(c4ccc(C#N)cc4)CC3)ccc2C)c1. The Labute approximate surface area is 466 Å². The van der Waals surface area contributed by atoms with Gasteiger partial charge in [0.25, 0.3) is 29.5 Å². The number of nitrogens with zero attached hydrogens (tertiary/aromatic N) is 5. The molecule has 2 fully saturated rings. The molecule has 0 saturated carbocycles. The summed E-state index contributed by atoms with van der Waals surface area (Å²) in [6, 6.07) is 41.2. The summed E-state index contributed by atoms with van der Waals surface area (Å²) in [6.45, 7) is 5.08. The number of hydrogen-bond donors (Lipinski definition) is 3. The van der Waals surface area contributed by atoms with E-state index in [1.165, 1.54) is 48.5 Å². The van der Waals surface area contributed by atoms with Crippen LogP contribution in [0.2, 0.25) is 0 Å². The number of nitrogens with one attached hydrogen (secondary N) is 3. The topological polar surface area (TPSA) is 247 Å². The summed E-state index contributed by atoms with van der Waals surface area (Å²) in [5, 5.41) is 19.7. The standard InChI is InChI=1S/C61H60N8O9S2/c1-40-11-17-50(58(71)67-29-23-46(24-30-67)44-19-13-42(38-62)14-20-44)36-54(40)65-79(75,76)34-6-28-64-57(70)49-8-5-7-48(35-49)56(27-33-69-60(73)52-9-3-4-10-53(52)61(69)74)80(77,78)66-55-37-51(18-12-41(55)2)59(72)68-31-25-47(26-32-68)45-21-15-43(39-63)16-22-45/h3-5,7-22,35-37,46-47,56,65-66H,6,23-34H2,1-2H3,(H,64,70). The molecule has 3 N–H and O–H groups in total. The molecule has 80 heavy (non-hydrogen) atoms. The van der Waals surface area contributed by atoms with Crippen LogP contribution in [0.25, 0.3) is 0 Å². The first kappa shape index (κ1) is 56.1. The van der Waals surface area contributed by atoms with Gasteiger partial charge in [-0.2, -0.15) is 10.5 Å². The highest BCUT2D eigenvalue weighted by molar-refractivity contribution is 7.93. The molecule has 5 amide bonds. The van der Waals surface area contributed by atoms with Crippen LogP contribution in [-0.4, -0.2) is 106 Å². The second kappa shape index (κ2) is 24.2. The van der Waals surface area contributed by atoms with Crippen molar-refractivity contribution < 1.29 is 40.8 Å². The number of imide groups is 1. The molecule has 3 aliphatic rings. The van der Waals surface area contributed by atoms with Gasteiger partial charge >= 0.3 is 0 Å². The highest BCUT2D eigenvalue weighted by Gasteiger charge is 2.38. The number of carbonyl (C=O) groups excluding carboxylic acids is 5. The Morgan fingerprint density at radius 2 is 1.09 bits per heavy atom. The number of benzene rings is 6. The third kappa shape index (κ3) is 12.8. The van der Waals surface area contributed by atoms with Crippen molar-refractivity contribution in [3.05, 3.63) is 200 Å². The second-order valence-electron chi connectivity index (χ2n) is 20.5. The van der Waals surface area contributed by atoms with E-state index in [4.69, 9.17) is 5.26 Å². The molecule has 1 atom stereocenters. The molecule has 0 bridgehead atoms. The first-order valence-corrected chi connectivity index (χ1v) is 29.8. The fraction of sp³-hybridized carbons (Fsp3) is 0.295. The molecule has 3 heterocycles. The number of likely N-dealkylation sites (tertiary alicyclic amines) is 2. The first-order chi connectivity index (χ1) is 38.4. The third-order valence-electron chi connectivity index (χ3n) is 15.3. The van der Waals surface area contributed by atoms with Gasteiger partial charge in [0.2, 0.25) is 20.0 Å². The fourth-order valence-corrected chi connectivity index (χ4v) is 13.4. The summed E-state index contributed by atoms with van der Waals surface area (Å²) in [6.07, 6.45) is 2.65. The summed E-state index contributed by atoms with van der Waals surface area (Å²) in [5.41, 5.74) is 6.20. The van der Waals surface area contributed by atoms with Gasteiger partial charge in [-0.15, -0.1) is 0 Å². The van der Waals surface area contributed by atoms with E-state index in [9.17, 15) is 46.1 Å². The number of sulfonamides is 2. The minimum atomic E-state index is -4.47. The smallest absolute Gasteiger partial charge is 0.261 e. The molecule has 6 aromatic carbocycles. The van der Waals surface area contributed by atoms with Gasteiger partial charge in [-0.3, -0.25) is 38.3 Å². The van der Waals surface area contributed by atoms with E-state index in [0.717, 1.165) is 28.9 Å². The van der Waals surface area contributed by atoms with Crippen molar-refractivity contribution in [2.75, 3.05) is 54.5 Å². The summed E-state index contributed by atoms with van der Waals surface area (Å²) in [5.74, 6) is -2.12. The number of amides is 5. The minimum Gasteiger partial charge on any atom is -0.352 e. The third-order valence-corrected chi connectivity index (χ3v) is 18.5. The number of rotatable bonds is 18. The number of carbonyl (C=O) groups is 5. The van der Waals surface area contributed by atoms with Gasteiger partial charge in [0.05, 0.1) is 51.5 Å². The van der Waals surface area contributed by atoms with Crippen molar-refractivity contribution in [2.45, 2.75) is 69.5 Å². The lowest BCUT2D eigenvalue weighted by Crippen LogP contribution is -2.38. The summed E-state index contributed by atoms with van der Waals surface area (Å²) < 4.78 is 61.7. The highest BCUT2D eigenvalue weighted by Crippen LogP contribution is 2.35. The minimum absolute atomic E-state index is 0.00557. The van der Waals surface area contributed by atoms with E-state index in [2.05, 4.69) is 26.9 Å². The predicted octanol–water partition coefficient (Wildman–Crippen LogP) is 8.82. The number of hydrogen-bond acceptors (Lipinski definition) is 11. The highest BCUT2D eigenvalue weighted by atomic mass is 32.2. The Bertz CT molecular complexity index is 3650. The second-order valence-corrected chi connectivity index (χ2v) is 24.3. The zero-order valence-electron chi connectivity index (χ0n) is 44.4. The normalized spacial score (nSPS) is 15.4. The van der Waals surface area contributed by atoms with E-state index in [1.807, 2.05) is 24.3 Å². The zero-order chi connectivity index (χ0) is 56.7. The lowest BCUT2D eigenvalue weighted by Gasteiger charge is -2.32. The van der Waals surface area contributed by atoms with Crippen LogP contribution in [0.15, 0.2) is 133 Å². The zero-order valence-corrected chi connectivity index (χ0v) is 46.0. The average molecular weight is 1110 g/mol. The average Bonchev–Trinajstić information content (AvgIpc) is 3.72. The molecule has 2 saturated heterocycles. The Kier molecular flexibility index (Phi) is 16.9. The van der Waals surface area contributed by atoms with Crippen molar-refractivity contribution in [1.29, 1.82) is 10.5 Å². The summed E-state index contributed by atoms with van der Waals surface area (Å²) in [4.78, 5) is 72.6. The lowest BCUT2D eigenvalue weighted by atomic mass is 9.89. The molecule has 0 aromatic heterocycles. The van der Waals surface area contributed by atoms with Crippen LogP contribution in [0.4, 0.5) is 11.4 Å². The molecular formula is C61H60N8O9S2.